The van der Waals surface area contributed by atoms with Gasteiger partial charge in [-0.3, -0.25) is 14.4 Å². The lowest BCUT2D eigenvalue weighted by Gasteiger charge is -2.43. The molecule has 3 unspecified atom stereocenters. The molecule has 2 aromatic rings. The van der Waals surface area contributed by atoms with E-state index < -0.39 is 46.4 Å². The standard InChI is InChI=1S/C29H36F2N4O4/c1-28(2,32)26(37)33-24(17-39-16-19-8-5-4-6-9-19)25(36)35-11-7-10-29(18-35)23(15-34(3)27(29)38)20-12-21(30)14-22(31)13-20/h4-6,8-9,12-14,23-24H,7,10-11,15-18,32H2,1-3H3,(H,33,37). The first-order valence-electron chi connectivity index (χ1n) is 13.1. The van der Waals surface area contributed by atoms with Crippen LogP contribution < -0.4 is 11.1 Å². The molecule has 2 aliphatic rings. The highest BCUT2D eigenvalue weighted by atomic mass is 19.1. The van der Waals surface area contributed by atoms with Crippen LogP contribution in [0.2, 0.25) is 0 Å². The quantitative estimate of drug-likeness (QED) is 0.534. The molecule has 1 spiro atoms. The number of benzene rings is 2. The largest absolute Gasteiger partial charge is 0.374 e. The number of ether oxygens (including phenoxy) is 1. The maximum absolute atomic E-state index is 14.1. The van der Waals surface area contributed by atoms with E-state index in [4.69, 9.17) is 10.5 Å². The van der Waals surface area contributed by atoms with Crippen LogP contribution in [0.5, 0.6) is 0 Å². The first-order valence-corrected chi connectivity index (χ1v) is 13.1. The van der Waals surface area contributed by atoms with Crippen LogP contribution in [0.15, 0.2) is 48.5 Å². The summed E-state index contributed by atoms with van der Waals surface area (Å²) in [5.74, 6) is -3.01. The zero-order valence-corrected chi connectivity index (χ0v) is 22.6. The Labute approximate surface area is 227 Å². The molecule has 8 nitrogen and oxygen atoms in total. The summed E-state index contributed by atoms with van der Waals surface area (Å²) in [6.45, 7) is 3.96. The minimum Gasteiger partial charge on any atom is -0.374 e. The van der Waals surface area contributed by atoms with E-state index in [1.54, 1.807) is 30.7 Å². The van der Waals surface area contributed by atoms with Gasteiger partial charge < -0.3 is 25.6 Å². The minimum atomic E-state index is -1.22. The predicted octanol–water partition coefficient (Wildman–Crippen LogP) is 2.57. The summed E-state index contributed by atoms with van der Waals surface area (Å²) in [7, 11) is 1.66. The number of likely N-dealkylation sites (N-methyl/N-ethyl adjacent to an activating group) is 1. The van der Waals surface area contributed by atoms with E-state index >= 15 is 0 Å². The summed E-state index contributed by atoms with van der Waals surface area (Å²) in [5.41, 5.74) is 5.02. The van der Waals surface area contributed by atoms with Crippen LogP contribution in [-0.2, 0) is 25.7 Å². The van der Waals surface area contributed by atoms with Gasteiger partial charge in [0.05, 0.1) is 24.2 Å². The summed E-state index contributed by atoms with van der Waals surface area (Å²) < 4.78 is 34.1. The molecule has 2 aliphatic heterocycles. The minimum absolute atomic E-state index is 0.0644. The maximum atomic E-state index is 14.1. The normalized spacial score (nSPS) is 22.3. The monoisotopic (exact) mass is 542 g/mol. The van der Waals surface area contributed by atoms with Crippen LogP contribution in [0, 0.1) is 17.0 Å². The highest BCUT2D eigenvalue weighted by Gasteiger charge is 2.56. The number of piperidine rings is 1. The number of carbonyl (C=O) groups excluding carboxylic acids is 3. The molecule has 0 saturated carbocycles. The summed E-state index contributed by atoms with van der Waals surface area (Å²) in [6, 6.07) is 11.7. The molecule has 2 fully saturated rings. The topological polar surface area (TPSA) is 105 Å². The number of hydrogen-bond acceptors (Lipinski definition) is 5. The number of nitrogens with zero attached hydrogens (tertiary/aromatic N) is 2. The number of carbonyl (C=O) groups is 3. The molecule has 0 aliphatic carbocycles. The fourth-order valence-electron chi connectivity index (χ4n) is 5.60. The van der Waals surface area contributed by atoms with Gasteiger partial charge in [0.2, 0.25) is 17.7 Å². The number of hydrogen-bond donors (Lipinski definition) is 2. The number of nitrogens with one attached hydrogen (secondary N) is 1. The van der Waals surface area contributed by atoms with Crippen LogP contribution in [-0.4, -0.2) is 72.4 Å². The number of halogens is 2. The van der Waals surface area contributed by atoms with Crippen LogP contribution >= 0.6 is 0 Å². The molecule has 3 N–H and O–H groups in total. The van der Waals surface area contributed by atoms with Gasteiger partial charge in [0.25, 0.3) is 0 Å². The fraction of sp³-hybridized carbons (Fsp3) is 0.483. The Morgan fingerprint density at radius 1 is 1.18 bits per heavy atom. The molecule has 0 bridgehead atoms. The molecule has 2 aromatic carbocycles. The second-order valence-corrected chi connectivity index (χ2v) is 11.2. The smallest absolute Gasteiger partial charge is 0.247 e. The first-order chi connectivity index (χ1) is 18.4. The Morgan fingerprint density at radius 2 is 1.85 bits per heavy atom. The van der Waals surface area contributed by atoms with Crippen LogP contribution in [0.4, 0.5) is 8.78 Å². The third-order valence-corrected chi connectivity index (χ3v) is 7.60. The van der Waals surface area contributed by atoms with Crippen molar-refractivity contribution < 1.29 is 27.9 Å². The van der Waals surface area contributed by atoms with Gasteiger partial charge in [-0.15, -0.1) is 0 Å². The number of rotatable bonds is 8. The zero-order chi connectivity index (χ0) is 28.4. The van der Waals surface area contributed by atoms with Gasteiger partial charge in [-0.2, -0.15) is 0 Å². The molecule has 0 radical (unpaired) electrons. The first kappa shape index (κ1) is 28.6. The zero-order valence-electron chi connectivity index (χ0n) is 22.6. The van der Waals surface area contributed by atoms with Gasteiger partial charge >= 0.3 is 0 Å². The maximum Gasteiger partial charge on any atom is 0.247 e. The van der Waals surface area contributed by atoms with E-state index in [-0.39, 0.29) is 32.2 Å². The number of amides is 3. The Bertz CT molecular complexity index is 1200. The Balaban J connectivity index is 1.57. The van der Waals surface area contributed by atoms with E-state index in [1.165, 1.54) is 12.1 Å². The second-order valence-electron chi connectivity index (χ2n) is 11.2. The van der Waals surface area contributed by atoms with Gasteiger partial charge in [-0.1, -0.05) is 30.3 Å². The van der Waals surface area contributed by atoms with Gasteiger partial charge in [0.1, 0.15) is 17.7 Å². The molecule has 2 heterocycles. The van der Waals surface area contributed by atoms with Crippen molar-refractivity contribution in [3.05, 3.63) is 71.3 Å². The third kappa shape index (κ3) is 6.28. The van der Waals surface area contributed by atoms with Crippen molar-refractivity contribution in [3.63, 3.8) is 0 Å². The van der Waals surface area contributed by atoms with Crippen LogP contribution in [0.1, 0.15) is 43.7 Å². The van der Waals surface area contributed by atoms with Crippen molar-refractivity contribution >= 4 is 17.7 Å². The highest BCUT2D eigenvalue weighted by Crippen LogP contribution is 2.49. The van der Waals surface area contributed by atoms with Crippen LogP contribution in [0.3, 0.4) is 0 Å². The Morgan fingerprint density at radius 3 is 2.49 bits per heavy atom. The fourth-order valence-corrected chi connectivity index (χ4v) is 5.60. The lowest BCUT2D eigenvalue weighted by Crippen LogP contribution is -2.60. The van der Waals surface area contributed by atoms with Crippen molar-refractivity contribution in [2.24, 2.45) is 11.1 Å². The Hall–Kier alpha value is -3.37. The number of nitrogens with two attached hydrogens (primary N) is 1. The van der Waals surface area contributed by atoms with Gasteiger partial charge in [-0.25, -0.2) is 8.78 Å². The van der Waals surface area contributed by atoms with Crippen molar-refractivity contribution in [2.45, 2.75) is 50.8 Å². The highest BCUT2D eigenvalue weighted by molar-refractivity contribution is 5.92. The van der Waals surface area contributed by atoms with Gasteiger partial charge in [0.15, 0.2) is 0 Å². The summed E-state index contributed by atoms with van der Waals surface area (Å²) in [6.07, 6.45) is 0.994. The third-order valence-electron chi connectivity index (χ3n) is 7.60. The molecule has 2 saturated heterocycles. The molecule has 0 aromatic heterocycles. The molecular weight excluding hydrogens is 506 g/mol. The van der Waals surface area contributed by atoms with Crippen molar-refractivity contribution in [3.8, 4) is 0 Å². The second kappa shape index (κ2) is 11.4. The van der Waals surface area contributed by atoms with E-state index in [0.717, 1.165) is 11.6 Å². The van der Waals surface area contributed by atoms with Crippen molar-refractivity contribution in [1.29, 1.82) is 0 Å². The van der Waals surface area contributed by atoms with Crippen molar-refractivity contribution in [2.75, 3.05) is 33.3 Å². The lowest BCUT2D eigenvalue weighted by molar-refractivity contribution is -0.147. The van der Waals surface area contributed by atoms with Gasteiger partial charge in [0, 0.05) is 38.7 Å². The van der Waals surface area contributed by atoms with Crippen LogP contribution in [0.25, 0.3) is 0 Å². The molecule has 10 heteroatoms. The molecule has 39 heavy (non-hydrogen) atoms. The van der Waals surface area contributed by atoms with E-state index in [0.29, 0.717) is 24.9 Å². The van der Waals surface area contributed by atoms with E-state index in [9.17, 15) is 23.2 Å². The predicted molar refractivity (Wildman–Crippen MR) is 141 cm³/mol. The molecule has 3 amide bonds. The lowest BCUT2D eigenvalue weighted by atomic mass is 9.69. The molecule has 3 atom stereocenters. The van der Waals surface area contributed by atoms with Crippen molar-refractivity contribution in [1.82, 2.24) is 15.1 Å². The van der Waals surface area contributed by atoms with E-state index in [2.05, 4.69) is 5.32 Å². The summed E-state index contributed by atoms with van der Waals surface area (Å²) >= 11 is 0. The Kier molecular flexibility index (Phi) is 8.37. The summed E-state index contributed by atoms with van der Waals surface area (Å²) in [5, 5.41) is 2.72. The average Bonchev–Trinajstić information content (AvgIpc) is 3.12. The SMILES string of the molecule is CN1CC(c2cc(F)cc(F)c2)C2(CCCN(C(=O)C(COCc3ccccc3)NC(=O)C(C)(C)N)C2)C1=O. The summed E-state index contributed by atoms with van der Waals surface area (Å²) in [4.78, 5) is 43.2. The molecule has 210 valence electrons. The molecule has 4 rings (SSSR count). The van der Waals surface area contributed by atoms with Gasteiger partial charge in [-0.05, 0) is 49.9 Å². The average molecular weight is 543 g/mol. The molecular formula is C29H36F2N4O4. The number of likely N-dealkylation sites (tertiary alicyclic amines) is 2. The van der Waals surface area contributed by atoms with E-state index in [1.807, 2.05) is 30.3 Å².